The number of aromatic hydroxyl groups is 1. The highest BCUT2D eigenvalue weighted by Crippen LogP contribution is 2.27. The Morgan fingerprint density at radius 3 is 2.67 bits per heavy atom. The molecule has 0 aromatic heterocycles. The van der Waals surface area contributed by atoms with Crippen LogP contribution in [-0.2, 0) is 5.75 Å². The number of halogens is 1. The minimum Gasteiger partial charge on any atom is -0.508 e. The molecule has 15 heavy (non-hydrogen) atoms. The van der Waals surface area contributed by atoms with E-state index in [4.69, 9.17) is 5.73 Å². The molecule has 0 spiro atoms. The number of benzene rings is 1. The molecule has 5 heteroatoms. The first kappa shape index (κ1) is 12.3. The van der Waals surface area contributed by atoms with Crippen molar-refractivity contribution in [3.63, 3.8) is 0 Å². The number of nitrogens with two attached hydrogens (primary N) is 1. The van der Waals surface area contributed by atoms with Crippen molar-refractivity contribution < 1.29 is 14.1 Å². The second-order valence-electron chi connectivity index (χ2n) is 3.45. The molecular formula is C10H14FNO2S. The molecule has 0 saturated carbocycles. The molecule has 0 aliphatic carbocycles. The Hall–Kier alpha value is -0.780. The van der Waals surface area contributed by atoms with Crippen LogP contribution in [0.25, 0.3) is 0 Å². The quantitative estimate of drug-likeness (QED) is 0.740. The average molecular weight is 231 g/mol. The van der Waals surface area contributed by atoms with Crippen LogP contribution in [0.1, 0.15) is 24.2 Å². The summed E-state index contributed by atoms with van der Waals surface area (Å²) in [5.41, 5.74) is 6.56. The molecule has 2 unspecified atom stereocenters. The molecule has 0 saturated heterocycles. The van der Waals surface area contributed by atoms with Gasteiger partial charge in [-0.15, -0.1) is 0 Å². The fourth-order valence-corrected chi connectivity index (χ4v) is 1.61. The van der Waals surface area contributed by atoms with Gasteiger partial charge < -0.3 is 15.9 Å². The van der Waals surface area contributed by atoms with Crippen molar-refractivity contribution in [3.8, 4) is 5.75 Å². The lowest BCUT2D eigenvalue weighted by Gasteiger charge is -2.15. The Bertz CT molecular complexity index is 333. The highest BCUT2D eigenvalue weighted by atomic mass is 32.2. The van der Waals surface area contributed by atoms with Crippen molar-refractivity contribution in [1.82, 2.24) is 0 Å². The van der Waals surface area contributed by atoms with Crippen LogP contribution in [0.2, 0.25) is 0 Å². The number of rotatable bonds is 4. The molecule has 1 aromatic rings. The van der Waals surface area contributed by atoms with Gasteiger partial charge in [0.1, 0.15) is 5.75 Å². The summed E-state index contributed by atoms with van der Waals surface area (Å²) in [5, 5.41) is 19.1. The SMILES string of the molecule is CC(N)C(O)c1ccc(CSF)c(O)c1. The Balaban J connectivity index is 2.90. The van der Waals surface area contributed by atoms with Gasteiger partial charge in [-0.05, 0) is 18.6 Å². The third-order valence-corrected chi connectivity index (χ3v) is 2.58. The van der Waals surface area contributed by atoms with Crippen LogP contribution in [-0.4, -0.2) is 16.3 Å². The van der Waals surface area contributed by atoms with Gasteiger partial charge in [0.25, 0.3) is 0 Å². The van der Waals surface area contributed by atoms with E-state index in [-0.39, 0.29) is 23.7 Å². The third kappa shape index (κ3) is 3.09. The molecule has 4 N–H and O–H groups in total. The van der Waals surface area contributed by atoms with Gasteiger partial charge in [0.2, 0.25) is 0 Å². The Kier molecular flexibility index (Phi) is 4.38. The van der Waals surface area contributed by atoms with Gasteiger partial charge in [0.05, 0.1) is 11.9 Å². The average Bonchev–Trinajstić information content (AvgIpc) is 2.20. The normalized spacial score (nSPS) is 14.9. The molecule has 84 valence electrons. The minimum absolute atomic E-state index is 0.0163. The maximum atomic E-state index is 12.0. The van der Waals surface area contributed by atoms with E-state index >= 15 is 0 Å². The van der Waals surface area contributed by atoms with Crippen molar-refractivity contribution in [2.45, 2.75) is 24.8 Å². The molecule has 2 atom stereocenters. The number of hydrogen-bond acceptors (Lipinski definition) is 4. The lowest BCUT2D eigenvalue weighted by Crippen LogP contribution is -2.24. The largest absolute Gasteiger partial charge is 0.508 e. The smallest absolute Gasteiger partial charge is 0.120 e. The minimum atomic E-state index is -0.817. The van der Waals surface area contributed by atoms with Crippen molar-refractivity contribution in [1.29, 1.82) is 0 Å². The van der Waals surface area contributed by atoms with E-state index in [2.05, 4.69) is 0 Å². The van der Waals surface area contributed by atoms with E-state index in [1.165, 1.54) is 6.07 Å². The summed E-state index contributed by atoms with van der Waals surface area (Å²) in [4.78, 5) is 0. The van der Waals surface area contributed by atoms with Gasteiger partial charge in [-0.3, -0.25) is 0 Å². The van der Waals surface area contributed by atoms with Gasteiger partial charge in [0, 0.05) is 23.8 Å². The molecule has 1 rings (SSSR count). The summed E-state index contributed by atoms with van der Waals surface area (Å²) in [6.07, 6.45) is -0.817. The molecule has 1 aromatic carbocycles. The fourth-order valence-electron chi connectivity index (χ4n) is 1.25. The van der Waals surface area contributed by atoms with Crippen LogP contribution in [0.4, 0.5) is 3.89 Å². The van der Waals surface area contributed by atoms with E-state index < -0.39 is 12.1 Å². The lowest BCUT2D eigenvalue weighted by molar-refractivity contribution is 0.153. The summed E-state index contributed by atoms with van der Waals surface area (Å²) < 4.78 is 12.0. The zero-order valence-corrected chi connectivity index (χ0v) is 9.17. The highest BCUT2D eigenvalue weighted by Gasteiger charge is 2.14. The van der Waals surface area contributed by atoms with Gasteiger partial charge in [-0.25, -0.2) is 0 Å². The predicted molar refractivity (Wildman–Crippen MR) is 59.1 cm³/mol. The second-order valence-corrected chi connectivity index (χ2v) is 3.95. The standard InChI is InChI=1S/C10H14FNO2S/c1-6(12)10(14)7-2-3-8(5-15-11)9(13)4-7/h2-4,6,10,13-14H,5,12H2,1H3. The summed E-state index contributed by atoms with van der Waals surface area (Å²) in [6.45, 7) is 1.67. The second kappa shape index (κ2) is 5.34. The summed E-state index contributed by atoms with van der Waals surface area (Å²) in [7, 11) is 0. The Morgan fingerprint density at radius 1 is 1.53 bits per heavy atom. The molecule has 0 heterocycles. The van der Waals surface area contributed by atoms with Crippen LogP contribution < -0.4 is 5.73 Å². The van der Waals surface area contributed by atoms with E-state index in [0.717, 1.165) is 0 Å². The number of aliphatic hydroxyl groups excluding tert-OH is 1. The first-order valence-electron chi connectivity index (χ1n) is 4.55. The highest BCUT2D eigenvalue weighted by molar-refractivity contribution is 7.93. The number of aliphatic hydroxyl groups is 1. The zero-order chi connectivity index (χ0) is 11.4. The van der Waals surface area contributed by atoms with Crippen LogP contribution in [0.5, 0.6) is 5.75 Å². The molecule has 0 aliphatic heterocycles. The molecule has 0 amide bonds. The third-order valence-electron chi connectivity index (χ3n) is 2.16. The van der Waals surface area contributed by atoms with Crippen LogP contribution in [0.3, 0.4) is 0 Å². The van der Waals surface area contributed by atoms with Crippen molar-refractivity contribution in [2.24, 2.45) is 5.73 Å². The first-order valence-corrected chi connectivity index (χ1v) is 5.44. The maximum absolute atomic E-state index is 12.0. The van der Waals surface area contributed by atoms with Crippen molar-refractivity contribution in [3.05, 3.63) is 29.3 Å². The first-order chi connectivity index (χ1) is 7.06. The van der Waals surface area contributed by atoms with E-state index in [9.17, 15) is 14.1 Å². The molecule has 0 bridgehead atoms. The van der Waals surface area contributed by atoms with Gasteiger partial charge >= 0.3 is 0 Å². The summed E-state index contributed by atoms with van der Waals surface area (Å²) in [6, 6.07) is 4.23. The Morgan fingerprint density at radius 2 is 2.20 bits per heavy atom. The van der Waals surface area contributed by atoms with Crippen molar-refractivity contribution >= 4 is 12.1 Å². The van der Waals surface area contributed by atoms with Gasteiger partial charge in [0.15, 0.2) is 0 Å². The zero-order valence-electron chi connectivity index (χ0n) is 8.35. The topological polar surface area (TPSA) is 66.5 Å². The van der Waals surface area contributed by atoms with E-state index in [1.54, 1.807) is 19.1 Å². The van der Waals surface area contributed by atoms with Crippen LogP contribution >= 0.6 is 12.1 Å². The predicted octanol–water partition coefficient (Wildman–Crippen LogP) is 1.89. The van der Waals surface area contributed by atoms with Crippen LogP contribution in [0, 0.1) is 0 Å². The van der Waals surface area contributed by atoms with Crippen LogP contribution in [0.15, 0.2) is 18.2 Å². The number of phenols is 1. The molecule has 0 radical (unpaired) electrons. The molecule has 0 fully saturated rings. The lowest BCUT2D eigenvalue weighted by atomic mass is 10.0. The number of hydrogen-bond donors (Lipinski definition) is 3. The Labute approximate surface area is 92.4 Å². The summed E-state index contributed by atoms with van der Waals surface area (Å²) in [5.74, 6) is 0.0813. The molecular weight excluding hydrogens is 217 g/mol. The fraction of sp³-hybridized carbons (Fsp3) is 0.400. The van der Waals surface area contributed by atoms with E-state index in [0.29, 0.717) is 11.1 Å². The monoisotopic (exact) mass is 231 g/mol. The maximum Gasteiger partial charge on any atom is 0.120 e. The van der Waals surface area contributed by atoms with Gasteiger partial charge in [-0.1, -0.05) is 12.1 Å². The van der Waals surface area contributed by atoms with Crippen molar-refractivity contribution in [2.75, 3.05) is 0 Å². The number of phenolic OH excluding ortho intramolecular Hbond substituents is 1. The van der Waals surface area contributed by atoms with Gasteiger partial charge in [-0.2, -0.15) is 3.89 Å². The summed E-state index contributed by atoms with van der Waals surface area (Å²) >= 11 is 0.142. The van der Waals surface area contributed by atoms with E-state index in [1.807, 2.05) is 0 Å². The molecule has 3 nitrogen and oxygen atoms in total. The molecule has 0 aliphatic rings.